The minimum Gasteiger partial charge on any atom is -0.496 e. The minimum atomic E-state index is -0.518. The Bertz CT molecular complexity index is 520. The summed E-state index contributed by atoms with van der Waals surface area (Å²) in [5.41, 5.74) is 2.69. The molecule has 3 nitrogen and oxygen atoms in total. The number of benzene rings is 1. The molecule has 1 aromatic rings. The van der Waals surface area contributed by atoms with Crippen molar-refractivity contribution >= 4 is 11.6 Å². The number of aryl methyl sites for hydroxylation is 1. The van der Waals surface area contributed by atoms with Gasteiger partial charge in [0, 0.05) is 11.6 Å². The van der Waals surface area contributed by atoms with Gasteiger partial charge in [-0.15, -0.1) is 0 Å². The molecule has 0 radical (unpaired) electrons. The van der Waals surface area contributed by atoms with E-state index in [9.17, 15) is 4.79 Å². The molecule has 104 valence electrons. The lowest BCUT2D eigenvalue weighted by molar-refractivity contribution is -0.122. The maximum absolute atomic E-state index is 12.8. The van der Waals surface area contributed by atoms with Gasteiger partial charge < -0.3 is 9.64 Å². The van der Waals surface area contributed by atoms with Gasteiger partial charge in [-0.25, -0.2) is 0 Å². The topological polar surface area (TPSA) is 29.5 Å². The highest BCUT2D eigenvalue weighted by molar-refractivity contribution is 6.09. The highest BCUT2D eigenvalue weighted by Crippen LogP contribution is 2.49. The van der Waals surface area contributed by atoms with Crippen LogP contribution in [0, 0.1) is 6.92 Å². The number of methoxy groups -OCH3 is 1. The number of anilines is 1. The summed E-state index contributed by atoms with van der Waals surface area (Å²) >= 11 is 0. The van der Waals surface area contributed by atoms with Crippen LogP contribution >= 0.6 is 0 Å². The molecule has 0 saturated heterocycles. The fourth-order valence-electron chi connectivity index (χ4n) is 2.87. The molecule has 0 fully saturated rings. The second-order valence-corrected chi connectivity index (χ2v) is 5.87. The summed E-state index contributed by atoms with van der Waals surface area (Å²) in [6, 6.07) is 4.20. The van der Waals surface area contributed by atoms with Gasteiger partial charge in [0.15, 0.2) is 0 Å². The zero-order chi connectivity index (χ0) is 14.4. The normalized spacial score (nSPS) is 18.4. The molecule has 1 aromatic carbocycles. The maximum Gasteiger partial charge on any atom is 0.237 e. The van der Waals surface area contributed by atoms with Gasteiger partial charge >= 0.3 is 0 Å². The van der Waals surface area contributed by atoms with Crippen LogP contribution in [-0.4, -0.2) is 19.1 Å². The summed E-state index contributed by atoms with van der Waals surface area (Å²) in [6.07, 6.45) is 0.942. The third kappa shape index (κ3) is 1.83. The Morgan fingerprint density at radius 3 is 2.53 bits per heavy atom. The molecule has 0 N–H and O–H groups in total. The van der Waals surface area contributed by atoms with E-state index in [2.05, 4.69) is 20.8 Å². The molecule has 19 heavy (non-hydrogen) atoms. The molecule has 0 aromatic heterocycles. The first-order valence-corrected chi connectivity index (χ1v) is 6.88. The maximum atomic E-state index is 12.8. The van der Waals surface area contributed by atoms with E-state index in [1.807, 2.05) is 30.9 Å². The Hall–Kier alpha value is -1.51. The summed E-state index contributed by atoms with van der Waals surface area (Å²) in [6.45, 7) is 10.2. The molecule has 1 aliphatic rings. The van der Waals surface area contributed by atoms with Crippen LogP contribution in [0.4, 0.5) is 5.69 Å². The molecule has 0 aliphatic carbocycles. The fraction of sp³-hybridized carbons (Fsp3) is 0.562. The van der Waals surface area contributed by atoms with Crippen LogP contribution < -0.4 is 9.64 Å². The van der Waals surface area contributed by atoms with E-state index in [4.69, 9.17) is 4.74 Å². The highest BCUT2D eigenvalue weighted by atomic mass is 16.5. The Kier molecular flexibility index (Phi) is 3.33. The smallest absolute Gasteiger partial charge is 0.237 e. The van der Waals surface area contributed by atoms with Crippen molar-refractivity contribution in [3.8, 4) is 5.75 Å². The van der Waals surface area contributed by atoms with Crippen LogP contribution in [-0.2, 0) is 10.2 Å². The largest absolute Gasteiger partial charge is 0.496 e. The molecule has 3 heteroatoms. The molecule has 1 heterocycles. The van der Waals surface area contributed by atoms with E-state index in [-0.39, 0.29) is 11.9 Å². The quantitative estimate of drug-likeness (QED) is 0.834. The molecule has 0 bridgehead atoms. The predicted octanol–water partition coefficient (Wildman–Crippen LogP) is 3.43. The first kappa shape index (κ1) is 13.9. The van der Waals surface area contributed by atoms with Gasteiger partial charge in [-0.05, 0) is 45.7 Å². The number of carbonyl (C=O) groups excluding carboxylic acids is 1. The lowest BCUT2D eigenvalue weighted by atomic mass is 9.85. The van der Waals surface area contributed by atoms with Gasteiger partial charge in [-0.1, -0.05) is 13.0 Å². The average Bonchev–Trinajstić information content (AvgIpc) is 2.59. The number of nitrogens with zero attached hydrogens (tertiary/aromatic N) is 1. The molecule has 1 aliphatic heterocycles. The van der Waals surface area contributed by atoms with Crippen LogP contribution in [0.15, 0.2) is 12.1 Å². The highest BCUT2D eigenvalue weighted by Gasteiger charge is 2.47. The number of fused-ring (bicyclic) bond motifs is 1. The first-order chi connectivity index (χ1) is 8.86. The van der Waals surface area contributed by atoms with Crippen molar-refractivity contribution in [1.82, 2.24) is 0 Å². The summed E-state index contributed by atoms with van der Waals surface area (Å²) in [5, 5.41) is 0. The number of hydrogen-bond donors (Lipinski definition) is 0. The zero-order valence-electron chi connectivity index (χ0n) is 12.7. The summed E-state index contributed by atoms with van der Waals surface area (Å²) in [7, 11) is 1.66. The second-order valence-electron chi connectivity index (χ2n) is 5.87. The van der Waals surface area contributed by atoms with Crippen molar-refractivity contribution in [3.05, 3.63) is 23.3 Å². The van der Waals surface area contributed by atoms with Gasteiger partial charge in [0.05, 0.1) is 18.2 Å². The Balaban J connectivity index is 2.74. The van der Waals surface area contributed by atoms with E-state index in [1.165, 1.54) is 0 Å². The molecule has 0 saturated carbocycles. The third-order valence-corrected chi connectivity index (χ3v) is 4.21. The Morgan fingerprint density at radius 1 is 1.37 bits per heavy atom. The van der Waals surface area contributed by atoms with Crippen molar-refractivity contribution in [2.45, 2.75) is 52.5 Å². The summed E-state index contributed by atoms with van der Waals surface area (Å²) in [4.78, 5) is 14.7. The molecule has 0 spiro atoms. The lowest BCUT2D eigenvalue weighted by Crippen LogP contribution is -2.41. The molecule has 1 unspecified atom stereocenters. The number of ether oxygens (including phenoxy) is 1. The molecule has 1 atom stereocenters. The first-order valence-electron chi connectivity index (χ1n) is 6.88. The monoisotopic (exact) mass is 261 g/mol. The van der Waals surface area contributed by atoms with Gasteiger partial charge in [0.1, 0.15) is 5.75 Å². The van der Waals surface area contributed by atoms with Crippen LogP contribution in [0.25, 0.3) is 0 Å². The van der Waals surface area contributed by atoms with E-state index in [1.54, 1.807) is 7.11 Å². The lowest BCUT2D eigenvalue weighted by Gasteiger charge is -2.27. The van der Waals surface area contributed by atoms with E-state index < -0.39 is 5.41 Å². The fourth-order valence-corrected chi connectivity index (χ4v) is 2.87. The van der Waals surface area contributed by atoms with Gasteiger partial charge in [0.25, 0.3) is 0 Å². The van der Waals surface area contributed by atoms with E-state index in [0.29, 0.717) is 0 Å². The standard InChI is InChI=1S/C16H23NO2/c1-7-11(3)17-14-10(2)8-9-12(19-6)13(14)16(4,5)15(17)18/h8-9,11H,7H2,1-6H3. The molecular weight excluding hydrogens is 238 g/mol. The van der Waals surface area contributed by atoms with E-state index in [0.717, 1.165) is 29.0 Å². The van der Waals surface area contributed by atoms with E-state index >= 15 is 0 Å². The average molecular weight is 261 g/mol. The number of hydrogen-bond acceptors (Lipinski definition) is 2. The van der Waals surface area contributed by atoms with Crippen molar-refractivity contribution in [2.24, 2.45) is 0 Å². The SMILES string of the molecule is CCC(C)N1C(=O)C(C)(C)c2c(OC)ccc(C)c21. The minimum absolute atomic E-state index is 0.171. The van der Waals surface area contributed by atoms with Gasteiger partial charge in [-0.2, -0.15) is 0 Å². The Morgan fingerprint density at radius 2 is 2.00 bits per heavy atom. The van der Waals surface area contributed by atoms with Crippen molar-refractivity contribution < 1.29 is 9.53 Å². The van der Waals surface area contributed by atoms with Gasteiger partial charge in [-0.3, -0.25) is 4.79 Å². The van der Waals surface area contributed by atoms with Crippen LogP contribution in [0.2, 0.25) is 0 Å². The molecular formula is C16H23NO2. The Labute approximate surface area is 115 Å². The van der Waals surface area contributed by atoms with Crippen LogP contribution in [0.5, 0.6) is 5.75 Å². The van der Waals surface area contributed by atoms with Crippen LogP contribution in [0.3, 0.4) is 0 Å². The predicted molar refractivity (Wildman–Crippen MR) is 78.0 cm³/mol. The van der Waals surface area contributed by atoms with Crippen LogP contribution in [0.1, 0.15) is 45.2 Å². The number of rotatable bonds is 3. The van der Waals surface area contributed by atoms with Gasteiger partial charge in [0.2, 0.25) is 5.91 Å². The van der Waals surface area contributed by atoms with Crippen molar-refractivity contribution in [3.63, 3.8) is 0 Å². The van der Waals surface area contributed by atoms with Crippen molar-refractivity contribution in [2.75, 3.05) is 12.0 Å². The zero-order valence-corrected chi connectivity index (χ0v) is 12.7. The summed E-state index contributed by atoms with van der Waals surface area (Å²) < 4.78 is 5.48. The summed E-state index contributed by atoms with van der Waals surface area (Å²) in [5.74, 6) is 0.981. The molecule has 1 amide bonds. The second kappa shape index (κ2) is 4.55. The number of carbonyl (C=O) groups is 1. The number of amides is 1. The third-order valence-electron chi connectivity index (χ3n) is 4.21. The molecule has 2 rings (SSSR count). The van der Waals surface area contributed by atoms with Crippen molar-refractivity contribution in [1.29, 1.82) is 0 Å².